The molecule has 10 nitrogen and oxygen atoms in total. The minimum Gasteiger partial charge on any atom is -0.467 e. The van der Waals surface area contributed by atoms with Crippen molar-refractivity contribution in [1.82, 2.24) is 15.2 Å². The molecule has 3 aromatic heterocycles. The molecule has 0 radical (unpaired) electrons. The fourth-order valence-electron chi connectivity index (χ4n) is 3.81. The maximum absolute atomic E-state index is 13.2. The highest BCUT2D eigenvalue weighted by Crippen LogP contribution is 2.34. The average molecular weight is 422 g/mol. The van der Waals surface area contributed by atoms with E-state index in [1.54, 1.807) is 36.4 Å². The highest BCUT2D eigenvalue weighted by atomic mass is 16.3. The summed E-state index contributed by atoms with van der Waals surface area (Å²) in [5, 5.41) is 8.24. The van der Waals surface area contributed by atoms with Crippen LogP contribution in [0.3, 0.4) is 0 Å². The minimum absolute atomic E-state index is 0.286. The Morgan fingerprint density at radius 1 is 1.13 bits per heavy atom. The highest BCUT2D eigenvalue weighted by molar-refractivity contribution is 6.09. The molecule has 0 aromatic carbocycles. The Morgan fingerprint density at radius 3 is 2.55 bits per heavy atom. The topological polar surface area (TPSA) is 122 Å². The van der Waals surface area contributed by atoms with Crippen molar-refractivity contribution in [3.8, 4) is 0 Å². The van der Waals surface area contributed by atoms with Crippen LogP contribution in [0.1, 0.15) is 36.7 Å². The van der Waals surface area contributed by atoms with Gasteiger partial charge in [-0.3, -0.25) is 14.5 Å². The first kappa shape index (κ1) is 18.9. The lowest BCUT2D eigenvalue weighted by Gasteiger charge is -2.22. The Morgan fingerprint density at radius 2 is 1.87 bits per heavy atom. The van der Waals surface area contributed by atoms with Crippen molar-refractivity contribution in [2.45, 2.75) is 24.9 Å². The van der Waals surface area contributed by atoms with Crippen molar-refractivity contribution < 1.29 is 27.6 Å². The molecule has 2 atom stereocenters. The Bertz CT molecular complexity index is 1150. The molecule has 4 amide bonds. The van der Waals surface area contributed by atoms with E-state index in [1.165, 1.54) is 30.7 Å². The van der Waals surface area contributed by atoms with E-state index in [0.29, 0.717) is 23.7 Å². The summed E-state index contributed by atoms with van der Waals surface area (Å²) in [6.07, 6.45) is 4.82. The number of hydrogen-bond donors (Lipinski definition) is 1. The van der Waals surface area contributed by atoms with Crippen LogP contribution in [0.5, 0.6) is 0 Å². The molecule has 0 aliphatic carbocycles. The molecular weight excluding hydrogens is 404 g/mol. The van der Waals surface area contributed by atoms with Gasteiger partial charge in [0, 0.05) is 6.42 Å². The summed E-state index contributed by atoms with van der Waals surface area (Å²) in [5.74, 6) is 0.247. The first-order valence-electron chi connectivity index (χ1n) is 9.62. The first-order chi connectivity index (χ1) is 15.0. The summed E-state index contributed by atoms with van der Waals surface area (Å²) >= 11 is 0. The molecule has 10 heteroatoms. The van der Waals surface area contributed by atoms with E-state index in [0.717, 1.165) is 4.90 Å². The van der Waals surface area contributed by atoms with Crippen molar-refractivity contribution in [3.05, 3.63) is 72.5 Å². The lowest BCUT2D eigenvalue weighted by Crippen LogP contribution is -2.43. The van der Waals surface area contributed by atoms with Crippen LogP contribution in [-0.2, 0) is 15.1 Å². The summed E-state index contributed by atoms with van der Waals surface area (Å²) in [5.41, 5.74) is -0.813. The van der Waals surface area contributed by atoms with E-state index in [-0.39, 0.29) is 5.76 Å². The molecule has 31 heavy (non-hydrogen) atoms. The molecule has 0 bridgehead atoms. The van der Waals surface area contributed by atoms with Crippen LogP contribution >= 0.6 is 0 Å². The van der Waals surface area contributed by atoms with Crippen molar-refractivity contribution >= 4 is 23.6 Å². The smallest absolute Gasteiger partial charge is 0.325 e. The molecule has 3 aromatic rings. The highest BCUT2D eigenvalue weighted by Gasteiger charge is 2.52. The number of urea groups is 1. The van der Waals surface area contributed by atoms with Crippen LogP contribution in [0.25, 0.3) is 0 Å². The quantitative estimate of drug-likeness (QED) is 0.631. The van der Waals surface area contributed by atoms with Gasteiger partial charge in [-0.1, -0.05) is 0 Å². The van der Waals surface area contributed by atoms with E-state index in [9.17, 15) is 14.4 Å². The summed E-state index contributed by atoms with van der Waals surface area (Å²) in [6.45, 7) is 1.05. The van der Waals surface area contributed by atoms with E-state index in [1.807, 2.05) is 0 Å². The van der Waals surface area contributed by atoms with E-state index in [2.05, 4.69) is 10.4 Å². The zero-order valence-electron chi connectivity index (χ0n) is 16.5. The summed E-state index contributed by atoms with van der Waals surface area (Å²) in [6, 6.07) is 8.96. The van der Waals surface area contributed by atoms with Crippen LogP contribution in [0, 0.1) is 0 Å². The third kappa shape index (κ3) is 3.03. The van der Waals surface area contributed by atoms with Crippen molar-refractivity contribution in [2.75, 3.05) is 6.54 Å². The predicted molar refractivity (Wildman–Crippen MR) is 104 cm³/mol. The lowest BCUT2D eigenvalue weighted by molar-refractivity contribution is -0.140. The van der Waals surface area contributed by atoms with Crippen LogP contribution in [0.15, 0.2) is 73.5 Å². The molecule has 2 aliphatic heterocycles. The van der Waals surface area contributed by atoms with Gasteiger partial charge < -0.3 is 18.6 Å². The van der Waals surface area contributed by atoms with Gasteiger partial charge in [0.25, 0.3) is 11.8 Å². The minimum atomic E-state index is -1.38. The van der Waals surface area contributed by atoms with Gasteiger partial charge in [-0.15, -0.1) is 0 Å². The van der Waals surface area contributed by atoms with Gasteiger partial charge in [-0.2, -0.15) is 5.10 Å². The van der Waals surface area contributed by atoms with Crippen LogP contribution in [0.2, 0.25) is 0 Å². The maximum atomic E-state index is 13.2. The van der Waals surface area contributed by atoms with E-state index >= 15 is 0 Å². The Hall–Kier alpha value is -4.08. The largest absolute Gasteiger partial charge is 0.467 e. The Labute approximate surface area is 176 Å². The molecule has 158 valence electrons. The Balaban J connectivity index is 1.40. The monoisotopic (exact) mass is 422 g/mol. The number of nitrogens with zero attached hydrogens (tertiary/aromatic N) is 3. The second-order valence-corrected chi connectivity index (χ2v) is 7.42. The second kappa shape index (κ2) is 7.01. The summed E-state index contributed by atoms with van der Waals surface area (Å²) in [7, 11) is 0. The summed E-state index contributed by atoms with van der Waals surface area (Å²) < 4.78 is 16.2. The van der Waals surface area contributed by atoms with Crippen LogP contribution < -0.4 is 5.32 Å². The van der Waals surface area contributed by atoms with Crippen LogP contribution in [0.4, 0.5) is 4.79 Å². The molecule has 1 N–H and O–H groups in total. The molecule has 1 saturated heterocycles. The molecule has 2 aliphatic rings. The molecule has 5 rings (SSSR count). The van der Waals surface area contributed by atoms with Crippen molar-refractivity contribution in [1.29, 1.82) is 0 Å². The number of hydrazone groups is 1. The zero-order valence-corrected chi connectivity index (χ0v) is 16.5. The predicted octanol–water partition coefficient (Wildman–Crippen LogP) is 2.61. The Kier molecular flexibility index (Phi) is 4.28. The zero-order chi connectivity index (χ0) is 21.6. The van der Waals surface area contributed by atoms with Gasteiger partial charge in [-0.05, 0) is 43.3 Å². The number of amides is 4. The van der Waals surface area contributed by atoms with Gasteiger partial charge in [0.2, 0.25) is 0 Å². The second-order valence-electron chi connectivity index (χ2n) is 7.42. The van der Waals surface area contributed by atoms with Gasteiger partial charge in [0.15, 0.2) is 5.54 Å². The summed E-state index contributed by atoms with van der Waals surface area (Å²) in [4.78, 5) is 39.5. The van der Waals surface area contributed by atoms with E-state index < -0.39 is 36.0 Å². The third-order valence-electron chi connectivity index (χ3n) is 5.43. The number of imide groups is 1. The number of carbonyl (C=O) groups is 3. The van der Waals surface area contributed by atoms with Gasteiger partial charge in [0.1, 0.15) is 35.6 Å². The van der Waals surface area contributed by atoms with Gasteiger partial charge in [-0.25, -0.2) is 9.80 Å². The first-order valence-corrected chi connectivity index (χ1v) is 9.62. The number of rotatable bonds is 5. The van der Waals surface area contributed by atoms with Gasteiger partial charge in [0.05, 0.1) is 18.8 Å². The SMILES string of the molecule is CC1(c2ccco2)NC(=O)N(CC(=O)N2N=C(c3ccco3)CC2c2ccco2)C1=O. The van der Waals surface area contributed by atoms with Gasteiger partial charge >= 0.3 is 6.03 Å². The number of nitrogens with one attached hydrogen (secondary N) is 1. The molecule has 5 heterocycles. The normalized spacial score (nSPS) is 23.4. The molecular formula is C21H18N4O6. The molecule has 1 fully saturated rings. The number of furan rings is 3. The van der Waals surface area contributed by atoms with Crippen LogP contribution in [-0.4, -0.2) is 40.0 Å². The maximum Gasteiger partial charge on any atom is 0.325 e. The number of hydrogen-bond acceptors (Lipinski definition) is 7. The number of carbonyl (C=O) groups excluding carboxylic acids is 3. The fraction of sp³-hybridized carbons (Fsp3) is 0.238. The van der Waals surface area contributed by atoms with Crippen molar-refractivity contribution in [3.63, 3.8) is 0 Å². The molecule has 2 unspecified atom stereocenters. The van der Waals surface area contributed by atoms with Crippen molar-refractivity contribution in [2.24, 2.45) is 5.10 Å². The lowest BCUT2D eigenvalue weighted by atomic mass is 9.99. The fourth-order valence-corrected chi connectivity index (χ4v) is 3.81. The molecule has 0 saturated carbocycles. The standard InChI is InChI=1S/C21H18N4O6/c1-21(17-7-4-10-31-17)19(27)24(20(28)22-21)12-18(26)25-14(16-6-3-9-30-16)11-13(23-25)15-5-2-8-29-15/h2-10,14H,11-12H2,1H3,(H,22,28). The molecule has 0 spiro atoms. The van der Waals surface area contributed by atoms with E-state index in [4.69, 9.17) is 13.3 Å². The third-order valence-corrected chi connectivity index (χ3v) is 5.43. The average Bonchev–Trinajstić information content (AvgIpc) is 3.57.